The Kier molecular flexibility index (Phi) is 5.02. The van der Waals surface area contributed by atoms with Crippen molar-refractivity contribution < 1.29 is 13.7 Å². The summed E-state index contributed by atoms with van der Waals surface area (Å²) >= 11 is 0. The molecule has 3 aromatic heterocycles. The number of rotatable bonds is 3. The Morgan fingerprint density at radius 3 is 2.77 bits per heavy atom. The predicted molar refractivity (Wildman–Crippen MR) is 99.7 cm³/mol. The number of aryl methyl sites for hydroxylation is 3. The number of fused-ring (bicyclic) bond motifs is 1. The Bertz CT molecular complexity index is 957. The smallest absolute Gasteiger partial charge is 0.259 e. The Morgan fingerprint density at radius 1 is 1.31 bits per heavy atom. The maximum Gasteiger partial charge on any atom is 0.259 e. The molecule has 1 amide bonds. The molecule has 138 valence electrons. The van der Waals surface area contributed by atoms with Crippen LogP contribution in [0.3, 0.4) is 0 Å². The fourth-order valence-electron chi connectivity index (χ4n) is 3.34. The van der Waals surface area contributed by atoms with Crippen molar-refractivity contribution in [3.05, 3.63) is 34.9 Å². The second kappa shape index (κ2) is 7.09. The minimum Gasteiger partial charge on any atom is -0.466 e. The lowest BCUT2D eigenvalue weighted by molar-refractivity contribution is 0.0941. The highest BCUT2D eigenvalue weighted by Crippen LogP contribution is 2.30. The molecule has 0 aromatic carbocycles. The van der Waals surface area contributed by atoms with Gasteiger partial charge < -0.3 is 19.6 Å². The van der Waals surface area contributed by atoms with Gasteiger partial charge in [0.25, 0.3) is 11.6 Å². The van der Waals surface area contributed by atoms with Crippen LogP contribution < -0.4 is 10.6 Å². The van der Waals surface area contributed by atoms with Gasteiger partial charge in [0.05, 0.1) is 22.3 Å². The molecular weight excluding hydrogens is 356 g/mol. The summed E-state index contributed by atoms with van der Waals surface area (Å²) in [4.78, 5) is 17.4. The van der Waals surface area contributed by atoms with Crippen molar-refractivity contribution in [2.45, 2.75) is 33.2 Å². The van der Waals surface area contributed by atoms with Crippen molar-refractivity contribution in [1.82, 2.24) is 20.8 Å². The van der Waals surface area contributed by atoms with E-state index in [4.69, 9.17) is 8.94 Å². The number of furan rings is 1. The lowest BCUT2D eigenvalue weighted by Gasteiger charge is -2.12. The highest BCUT2D eigenvalue weighted by atomic mass is 35.5. The van der Waals surface area contributed by atoms with E-state index in [0.717, 1.165) is 36.6 Å². The molecule has 1 aliphatic rings. The Morgan fingerprint density at radius 2 is 2.12 bits per heavy atom. The molecule has 7 nitrogen and oxygen atoms in total. The molecule has 0 bridgehead atoms. The van der Waals surface area contributed by atoms with Crippen LogP contribution in [0, 0.1) is 20.8 Å². The highest BCUT2D eigenvalue weighted by Gasteiger charge is 2.23. The van der Waals surface area contributed by atoms with E-state index < -0.39 is 0 Å². The molecule has 3 aromatic rings. The molecule has 0 saturated carbocycles. The Hall–Kier alpha value is -2.38. The summed E-state index contributed by atoms with van der Waals surface area (Å²) in [5, 5.41) is 11.0. The third kappa shape index (κ3) is 3.20. The van der Waals surface area contributed by atoms with E-state index in [0.29, 0.717) is 28.1 Å². The number of halogens is 1. The average molecular weight is 377 g/mol. The zero-order chi connectivity index (χ0) is 17.6. The highest BCUT2D eigenvalue weighted by molar-refractivity contribution is 6.07. The van der Waals surface area contributed by atoms with E-state index in [9.17, 15) is 4.79 Å². The van der Waals surface area contributed by atoms with Gasteiger partial charge in [-0.05, 0) is 45.9 Å². The summed E-state index contributed by atoms with van der Waals surface area (Å²) in [6.07, 6.45) is 0.926. The maximum absolute atomic E-state index is 12.9. The number of aromatic nitrogens is 2. The van der Waals surface area contributed by atoms with Crippen LogP contribution in [0.15, 0.2) is 21.1 Å². The van der Waals surface area contributed by atoms with Gasteiger partial charge in [-0.15, -0.1) is 12.4 Å². The Labute approximate surface area is 156 Å². The minimum absolute atomic E-state index is 0. The lowest BCUT2D eigenvalue weighted by atomic mass is 10.0. The van der Waals surface area contributed by atoms with Gasteiger partial charge in [-0.25, -0.2) is 4.98 Å². The first-order chi connectivity index (χ1) is 12.0. The monoisotopic (exact) mass is 376 g/mol. The molecule has 1 atom stereocenters. The lowest BCUT2D eigenvalue weighted by Crippen LogP contribution is -2.36. The van der Waals surface area contributed by atoms with Crippen LogP contribution >= 0.6 is 12.4 Å². The first-order valence-electron chi connectivity index (χ1n) is 8.39. The van der Waals surface area contributed by atoms with E-state index in [2.05, 4.69) is 20.8 Å². The average Bonchev–Trinajstić information content (AvgIpc) is 3.28. The molecule has 0 radical (unpaired) electrons. The molecule has 1 saturated heterocycles. The van der Waals surface area contributed by atoms with E-state index in [1.807, 2.05) is 26.8 Å². The molecule has 1 unspecified atom stereocenters. The molecule has 4 heterocycles. The fourth-order valence-corrected chi connectivity index (χ4v) is 3.34. The van der Waals surface area contributed by atoms with Crippen molar-refractivity contribution in [2.24, 2.45) is 0 Å². The zero-order valence-electron chi connectivity index (χ0n) is 14.9. The topological polar surface area (TPSA) is 93.2 Å². The third-order valence-electron chi connectivity index (χ3n) is 4.57. The zero-order valence-corrected chi connectivity index (χ0v) is 15.7. The standard InChI is InChI=1S/C18H20N4O3.ClH/c1-9-6-13(11(3)24-9)15-7-14(16-10(2)22-25-18(16)21-15)17(23)20-12-4-5-19-8-12;/h6-7,12,19H,4-5,8H2,1-3H3,(H,20,23);1H. The number of pyridine rings is 1. The van der Waals surface area contributed by atoms with Crippen LogP contribution in [-0.2, 0) is 0 Å². The summed E-state index contributed by atoms with van der Waals surface area (Å²) in [5.74, 6) is 1.42. The van der Waals surface area contributed by atoms with Crippen LogP contribution in [0.1, 0.15) is 34.0 Å². The van der Waals surface area contributed by atoms with E-state index in [-0.39, 0.29) is 24.4 Å². The van der Waals surface area contributed by atoms with Crippen LogP contribution in [0.5, 0.6) is 0 Å². The number of hydrogen-bond donors (Lipinski definition) is 2. The predicted octanol–water partition coefficient (Wildman–Crippen LogP) is 2.92. The van der Waals surface area contributed by atoms with Crippen molar-refractivity contribution in [2.75, 3.05) is 13.1 Å². The molecule has 26 heavy (non-hydrogen) atoms. The van der Waals surface area contributed by atoms with Crippen molar-refractivity contribution in [3.8, 4) is 11.3 Å². The minimum atomic E-state index is -0.133. The van der Waals surface area contributed by atoms with Crippen LogP contribution in [0.25, 0.3) is 22.4 Å². The second-order valence-electron chi connectivity index (χ2n) is 6.49. The molecule has 0 aliphatic carbocycles. The van der Waals surface area contributed by atoms with Gasteiger partial charge in [-0.1, -0.05) is 5.16 Å². The summed E-state index contributed by atoms with van der Waals surface area (Å²) < 4.78 is 10.9. The number of nitrogens with one attached hydrogen (secondary N) is 2. The van der Waals surface area contributed by atoms with Gasteiger partial charge in [-0.2, -0.15) is 0 Å². The first kappa shape index (κ1) is 18.4. The van der Waals surface area contributed by atoms with Crippen LogP contribution in [-0.4, -0.2) is 35.2 Å². The van der Waals surface area contributed by atoms with Gasteiger partial charge in [0.15, 0.2) is 0 Å². The summed E-state index contributed by atoms with van der Waals surface area (Å²) in [5.41, 5.74) is 3.05. The number of carbonyl (C=O) groups excluding carboxylic acids is 1. The number of carbonyl (C=O) groups is 1. The quantitative estimate of drug-likeness (QED) is 0.730. The first-order valence-corrected chi connectivity index (χ1v) is 8.39. The molecule has 1 fully saturated rings. The van der Waals surface area contributed by atoms with E-state index in [1.165, 1.54) is 0 Å². The van der Waals surface area contributed by atoms with E-state index >= 15 is 0 Å². The van der Waals surface area contributed by atoms with Crippen molar-refractivity contribution in [1.29, 1.82) is 0 Å². The summed E-state index contributed by atoms with van der Waals surface area (Å²) in [6, 6.07) is 3.84. The van der Waals surface area contributed by atoms with Crippen LogP contribution in [0.4, 0.5) is 0 Å². The molecule has 1 aliphatic heterocycles. The number of hydrogen-bond acceptors (Lipinski definition) is 6. The SMILES string of the molecule is Cc1cc(-c2cc(C(=O)NC3CCNC3)c3c(C)noc3n2)c(C)o1.Cl. The maximum atomic E-state index is 12.9. The normalized spacial score (nSPS) is 16.7. The summed E-state index contributed by atoms with van der Waals surface area (Å²) in [6.45, 7) is 7.28. The number of nitrogens with zero attached hydrogens (tertiary/aromatic N) is 2. The molecule has 2 N–H and O–H groups in total. The largest absolute Gasteiger partial charge is 0.466 e. The van der Waals surface area contributed by atoms with Gasteiger partial charge in [0, 0.05) is 18.2 Å². The molecular formula is C18H21ClN4O3. The fraction of sp³-hybridized carbons (Fsp3) is 0.389. The summed E-state index contributed by atoms with van der Waals surface area (Å²) in [7, 11) is 0. The van der Waals surface area contributed by atoms with Crippen molar-refractivity contribution >= 4 is 29.4 Å². The molecule has 8 heteroatoms. The van der Waals surface area contributed by atoms with E-state index in [1.54, 1.807) is 6.07 Å². The van der Waals surface area contributed by atoms with Gasteiger partial charge in [-0.3, -0.25) is 4.79 Å². The molecule has 0 spiro atoms. The number of amides is 1. The Balaban J connectivity index is 0.00000196. The van der Waals surface area contributed by atoms with Gasteiger partial charge in [0.1, 0.15) is 11.5 Å². The van der Waals surface area contributed by atoms with Crippen LogP contribution in [0.2, 0.25) is 0 Å². The molecule has 4 rings (SSSR count). The van der Waals surface area contributed by atoms with Gasteiger partial charge in [0.2, 0.25) is 0 Å². The third-order valence-corrected chi connectivity index (χ3v) is 4.57. The second-order valence-corrected chi connectivity index (χ2v) is 6.49. The van der Waals surface area contributed by atoms with Gasteiger partial charge >= 0.3 is 0 Å². The van der Waals surface area contributed by atoms with Crippen molar-refractivity contribution in [3.63, 3.8) is 0 Å².